The Morgan fingerprint density at radius 1 is 1.17 bits per heavy atom. The minimum absolute atomic E-state index is 0.127. The van der Waals surface area contributed by atoms with Crippen molar-refractivity contribution < 1.29 is 4.74 Å². The molecule has 2 aromatic carbocycles. The van der Waals surface area contributed by atoms with E-state index < -0.39 is 0 Å². The predicted molar refractivity (Wildman–Crippen MR) is 118 cm³/mol. The lowest BCUT2D eigenvalue weighted by Gasteiger charge is -2.13. The van der Waals surface area contributed by atoms with E-state index in [2.05, 4.69) is 26.7 Å². The van der Waals surface area contributed by atoms with Gasteiger partial charge < -0.3 is 9.72 Å². The maximum Gasteiger partial charge on any atom is 0.258 e. The zero-order valence-corrected chi connectivity index (χ0v) is 17.3. The molecule has 0 unspecified atom stereocenters. The second-order valence-corrected chi connectivity index (χ2v) is 7.94. The number of thioether (sulfide) groups is 1. The molecule has 152 valence electrons. The number of fused-ring (bicyclic) bond motifs is 1. The number of aromatic amines is 1. The average molecular weight is 420 g/mol. The van der Waals surface area contributed by atoms with Crippen LogP contribution < -0.4 is 10.3 Å². The molecule has 7 nitrogen and oxygen atoms in total. The topological polar surface area (TPSA) is 85.7 Å². The number of para-hydroxylation sites is 2. The molecule has 0 aliphatic carbocycles. The van der Waals surface area contributed by atoms with E-state index in [4.69, 9.17) is 4.74 Å². The Kier molecular flexibility index (Phi) is 5.94. The summed E-state index contributed by atoms with van der Waals surface area (Å²) in [4.78, 5) is 19.9. The number of nitrogens with one attached hydrogen (secondary N) is 1. The molecule has 2 heterocycles. The van der Waals surface area contributed by atoms with Crippen molar-refractivity contribution >= 4 is 22.7 Å². The SMILES string of the molecule is C=CCn1c(COc2ccccc2)nnc1S[C@@H](C)c1nc2ccccc2c(=O)[nH]1. The van der Waals surface area contributed by atoms with Crippen LogP contribution in [0.3, 0.4) is 0 Å². The van der Waals surface area contributed by atoms with Crippen molar-refractivity contribution in [3.63, 3.8) is 0 Å². The number of rotatable bonds is 8. The Morgan fingerprint density at radius 2 is 1.93 bits per heavy atom. The molecule has 0 fully saturated rings. The lowest BCUT2D eigenvalue weighted by molar-refractivity contribution is 0.289. The van der Waals surface area contributed by atoms with Crippen molar-refractivity contribution in [2.75, 3.05) is 0 Å². The fourth-order valence-electron chi connectivity index (χ4n) is 3.00. The fraction of sp³-hybridized carbons (Fsp3) is 0.182. The summed E-state index contributed by atoms with van der Waals surface area (Å²) in [6, 6.07) is 16.9. The summed E-state index contributed by atoms with van der Waals surface area (Å²) >= 11 is 1.48. The smallest absolute Gasteiger partial charge is 0.258 e. The first-order valence-electron chi connectivity index (χ1n) is 9.52. The van der Waals surface area contributed by atoms with E-state index in [0.717, 1.165) is 5.75 Å². The highest BCUT2D eigenvalue weighted by Gasteiger charge is 2.18. The van der Waals surface area contributed by atoms with Crippen LogP contribution in [0, 0.1) is 0 Å². The van der Waals surface area contributed by atoms with E-state index in [1.807, 2.05) is 60.0 Å². The number of H-pyrrole nitrogens is 1. The highest BCUT2D eigenvalue weighted by Crippen LogP contribution is 2.32. The van der Waals surface area contributed by atoms with Crippen LogP contribution in [0.5, 0.6) is 5.75 Å². The average Bonchev–Trinajstić information content (AvgIpc) is 3.14. The molecule has 0 saturated carbocycles. The zero-order valence-electron chi connectivity index (χ0n) is 16.5. The van der Waals surface area contributed by atoms with Crippen LogP contribution in [0.25, 0.3) is 10.9 Å². The van der Waals surface area contributed by atoms with Crippen molar-refractivity contribution in [2.45, 2.75) is 30.5 Å². The fourth-order valence-corrected chi connectivity index (χ4v) is 3.94. The van der Waals surface area contributed by atoms with Crippen LogP contribution in [0.4, 0.5) is 0 Å². The highest BCUT2D eigenvalue weighted by molar-refractivity contribution is 7.99. The van der Waals surface area contributed by atoms with Crippen LogP contribution in [-0.4, -0.2) is 24.7 Å². The van der Waals surface area contributed by atoms with E-state index in [-0.39, 0.29) is 10.8 Å². The zero-order chi connectivity index (χ0) is 20.9. The van der Waals surface area contributed by atoms with Crippen LogP contribution in [-0.2, 0) is 13.2 Å². The molecular formula is C22H21N5O2S. The van der Waals surface area contributed by atoms with Gasteiger partial charge in [-0.05, 0) is 31.2 Å². The van der Waals surface area contributed by atoms with Gasteiger partial charge >= 0.3 is 0 Å². The summed E-state index contributed by atoms with van der Waals surface area (Å²) in [7, 11) is 0. The standard InChI is InChI=1S/C22H21N5O2S/c1-3-13-27-19(14-29-16-9-5-4-6-10-16)25-26-22(27)30-15(2)20-23-18-12-8-7-11-17(18)21(28)24-20/h3-12,15H,1,13-14H2,2H3,(H,23,24,28)/t15-/m0/s1. The maximum atomic E-state index is 12.4. The van der Waals surface area contributed by atoms with Crippen LogP contribution in [0.2, 0.25) is 0 Å². The van der Waals surface area contributed by atoms with Gasteiger partial charge in [-0.1, -0.05) is 48.2 Å². The molecule has 0 bridgehead atoms. The number of benzene rings is 2. The first-order chi connectivity index (χ1) is 14.7. The molecule has 0 spiro atoms. The summed E-state index contributed by atoms with van der Waals surface area (Å²) in [5.41, 5.74) is 0.528. The van der Waals surface area contributed by atoms with Gasteiger partial charge in [0.1, 0.15) is 18.2 Å². The molecule has 0 saturated heterocycles. The van der Waals surface area contributed by atoms with Gasteiger partial charge in [0, 0.05) is 6.54 Å². The largest absolute Gasteiger partial charge is 0.486 e. The van der Waals surface area contributed by atoms with Crippen LogP contribution in [0.1, 0.15) is 23.8 Å². The van der Waals surface area contributed by atoms with Gasteiger partial charge in [-0.2, -0.15) is 0 Å². The lowest BCUT2D eigenvalue weighted by Crippen LogP contribution is -2.13. The normalized spacial score (nSPS) is 12.0. The van der Waals surface area contributed by atoms with Gasteiger partial charge in [0.2, 0.25) is 0 Å². The quantitative estimate of drug-likeness (QED) is 0.341. The van der Waals surface area contributed by atoms with E-state index in [9.17, 15) is 4.79 Å². The van der Waals surface area contributed by atoms with E-state index in [0.29, 0.717) is 40.9 Å². The number of nitrogens with zero attached hydrogens (tertiary/aromatic N) is 4. The number of ether oxygens (including phenoxy) is 1. The second-order valence-electron chi connectivity index (χ2n) is 6.63. The second kappa shape index (κ2) is 8.96. The molecule has 4 rings (SSSR count). The Balaban J connectivity index is 1.56. The monoisotopic (exact) mass is 419 g/mol. The van der Waals surface area contributed by atoms with Gasteiger partial charge in [-0.15, -0.1) is 16.8 Å². The van der Waals surface area contributed by atoms with Crippen molar-refractivity contribution in [1.82, 2.24) is 24.7 Å². The maximum absolute atomic E-state index is 12.4. The van der Waals surface area contributed by atoms with Crippen molar-refractivity contribution in [3.8, 4) is 5.75 Å². The number of hydrogen-bond acceptors (Lipinski definition) is 6. The third-order valence-electron chi connectivity index (χ3n) is 4.51. The first kappa shape index (κ1) is 19.9. The predicted octanol–water partition coefficient (Wildman–Crippen LogP) is 4.13. The summed E-state index contributed by atoms with van der Waals surface area (Å²) in [6.07, 6.45) is 1.79. The van der Waals surface area contributed by atoms with Crippen molar-refractivity contribution in [1.29, 1.82) is 0 Å². The van der Waals surface area contributed by atoms with Crippen LogP contribution >= 0.6 is 11.8 Å². The molecule has 0 amide bonds. The molecule has 0 radical (unpaired) electrons. The minimum Gasteiger partial charge on any atom is -0.486 e. The molecule has 1 atom stereocenters. The summed E-state index contributed by atoms with van der Waals surface area (Å²) < 4.78 is 7.77. The van der Waals surface area contributed by atoms with E-state index >= 15 is 0 Å². The van der Waals surface area contributed by atoms with Gasteiger partial charge in [-0.3, -0.25) is 9.36 Å². The molecule has 30 heavy (non-hydrogen) atoms. The summed E-state index contributed by atoms with van der Waals surface area (Å²) in [6.45, 7) is 6.66. The van der Waals surface area contributed by atoms with Crippen molar-refractivity contribution in [3.05, 3.63) is 89.3 Å². The number of allylic oxidation sites excluding steroid dienone is 1. The molecule has 1 N–H and O–H groups in total. The minimum atomic E-state index is -0.146. The van der Waals surface area contributed by atoms with Gasteiger partial charge in [0.05, 0.1) is 16.2 Å². The summed E-state index contributed by atoms with van der Waals surface area (Å²) in [5, 5.41) is 9.78. The molecule has 8 heteroatoms. The first-order valence-corrected chi connectivity index (χ1v) is 10.4. The third-order valence-corrected chi connectivity index (χ3v) is 5.60. The molecule has 2 aromatic heterocycles. The molecule has 4 aromatic rings. The number of aromatic nitrogens is 5. The van der Waals surface area contributed by atoms with Gasteiger partial charge in [0.25, 0.3) is 5.56 Å². The van der Waals surface area contributed by atoms with Gasteiger partial charge in [0.15, 0.2) is 11.0 Å². The van der Waals surface area contributed by atoms with E-state index in [1.54, 1.807) is 12.1 Å². The molecular weight excluding hydrogens is 398 g/mol. The molecule has 0 aliphatic heterocycles. The van der Waals surface area contributed by atoms with E-state index in [1.165, 1.54) is 11.8 Å². The van der Waals surface area contributed by atoms with Crippen molar-refractivity contribution in [2.24, 2.45) is 0 Å². The molecule has 0 aliphatic rings. The van der Waals surface area contributed by atoms with Gasteiger partial charge in [-0.25, -0.2) is 4.98 Å². The Hall–Kier alpha value is -3.39. The highest BCUT2D eigenvalue weighted by atomic mass is 32.2. The third kappa shape index (κ3) is 4.28. The summed E-state index contributed by atoms with van der Waals surface area (Å²) in [5.74, 6) is 2.07. The Labute approximate surface area is 177 Å². The van der Waals surface area contributed by atoms with Crippen LogP contribution in [0.15, 0.2) is 77.2 Å². The number of hydrogen-bond donors (Lipinski definition) is 1. The Bertz CT molecular complexity index is 1220. The lowest BCUT2D eigenvalue weighted by atomic mass is 10.2. The Morgan fingerprint density at radius 3 is 2.73 bits per heavy atom.